The quantitative estimate of drug-likeness (QED) is 0.751. The molecule has 0 spiro atoms. The molecule has 1 atom stereocenters. The Balaban J connectivity index is 2.01. The summed E-state index contributed by atoms with van der Waals surface area (Å²) in [5, 5.41) is 16.2. The third kappa shape index (κ3) is 2.16. The summed E-state index contributed by atoms with van der Waals surface area (Å²) in [5.41, 5.74) is 0. The molecule has 1 aromatic rings. The molecule has 7 nitrogen and oxygen atoms in total. The van der Waals surface area contributed by atoms with Crippen molar-refractivity contribution in [2.24, 2.45) is 0 Å². The minimum absolute atomic E-state index is 0.0321. The van der Waals surface area contributed by atoms with Crippen LogP contribution in [0.2, 0.25) is 0 Å². The topological polar surface area (TPSA) is 88.3 Å². The molecular formula is C8H10N4O3S. The summed E-state index contributed by atoms with van der Waals surface area (Å²) in [5.74, 6) is -0.344. The molecule has 0 unspecified atom stereocenters. The van der Waals surface area contributed by atoms with Crippen LogP contribution in [-0.2, 0) is 16.1 Å². The predicted octanol–water partition coefficient (Wildman–Crippen LogP) is -0.736. The van der Waals surface area contributed by atoms with Gasteiger partial charge in [-0.25, -0.2) is 9.48 Å². The normalized spacial score (nSPS) is 20.0. The summed E-state index contributed by atoms with van der Waals surface area (Å²) in [4.78, 5) is 24.0. The molecule has 1 aliphatic heterocycles. The van der Waals surface area contributed by atoms with Crippen molar-refractivity contribution < 1.29 is 14.7 Å². The summed E-state index contributed by atoms with van der Waals surface area (Å²) in [6, 6.07) is -0.721. The van der Waals surface area contributed by atoms with Crippen LogP contribution in [0.5, 0.6) is 0 Å². The van der Waals surface area contributed by atoms with E-state index in [0.717, 1.165) is 0 Å². The lowest BCUT2D eigenvalue weighted by Gasteiger charge is -2.19. The van der Waals surface area contributed by atoms with E-state index in [2.05, 4.69) is 10.3 Å². The van der Waals surface area contributed by atoms with Crippen molar-refractivity contribution in [2.45, 2.75) is 12.6 Å². The van der Waals surface area contributed by atoms with E-state index in [-0.39, 0.29) is 12.5 Å². The van der Waals surface area contributed by atoms with Crippen molar-refractivity contribution in [2.75, 3.05) is 11.6 Å². The van der Waals surface area contributed by atoms with Crippen molar-refractivity contribution in [3.8, 4) is 0 Å². The fourth-order valence-electron chi connectivity index (χ4n) is 1.44. The summed E-state index contributed by atoms with van der Waals surface area (Å²) >= 11 is 1.44. The number of carbonyl (C=O) groups is 2. The highest BCUT2D eigenvalue weighted by atomic mass is 32.2. The van der Waals surface area contributed by atoms with Gasteiger partial charge in [-0.2, -0.15) is 0 Å². The van der Waals surface area contributed by atoms with E-state index >= 15 is 0 Å². The summed E-state index contributed by atoms with van der Waals surface area (Å²) in [7, 11) is 0. The fraction of sp³-hybridized carbons (Fsp3) is 0.500. The van der Waals surface area contributed by atoms with Crippen molar-refractivity contribution >= 4 is 23.6 Å². The molecule has 16 heavy (non-hydrogen) atoms. The molecule has 1 N–H and O–H groups in total. The lowest BCUT2D eigenvalue weighted by molar-refractivity contribution is -0.148. The summed E-state index contributed by atoms with van der Waals surface area (Å²) in [6.45, 7) is 0.0321. The number of carboxylic acids is 1. The molecule has 1 amide bonds. The van der Waals surface area contributed by atoms with Crippen LogP contribution in [0.4, 0.5) is 0 Å². The van der Waals surface area contributed by atoms with Crippen molar-refractivity contribution in [3.63, 3.8) is 0 Å². The number of rotatable bonds is 3. The molecule has 0 saturated carbocycles. The average molecular weight is 242 g/mol. The Labute approximate surface area is 95.4 Å². The van der Waals surface area contributed by atoms with E-state index in [9.17, 15) is 9.59 Å². The highest BCUT2D eigenvalue weighted by molar-refractivity contribution is 7.99. The van der Waals surface area contributed by atoms with Crippen molar-refractivity contribution in [3.05, 3.63) is 12.4 Å². The molecule has 0 aliphatic carbocycles. The lowest BCUT2D eigenvalue weighted by Crippen LogP contribution is -2.43. The first-order valence-electron chi connectivity index (χ1n) is 4.62. The van der Waals surface area contributed by atoms with Gasteiger partial charge in [0.05, 0.1) is 12.1 Å². The first kappa shape index (κ1) is 10.9. The number of thioether (sulfide) groups is 1. The zero-order chi connectivity index (χ0) is 11.5. The Kier molecular flexibility index (Phi) is 3.09. The number of hydrogen-bond donors (Lipinski definition) is 1. The maximum atomic E-state index is 11.8. The summed E-state index contributed by atoms with van der Waals surface area (Å²) in [6.07, 6.45) is 3.04. The standard InChI is InChI=1S/C8H10N4O3S/c13-7(3-11-2-1-9-10-11)12-5-16-4-6(12)8(14)15/h1-2,6H,3-5H2,(H,14,15)/t6-/m0/s1. The number of hydrogen-bond acceptors (Lipinski definition) is 5. The molecule has 1 fully saturated rings. The van der Waals surface area contributed by atoms with Crippen LogP contribution < -0.4 is 0 Å². The molecule has 2 rings (SSSR count). The smallest absolute Gasteiger partial charge is 0.327 e. The number of carboxylic acid groups (broad SMARTS) is 1. The van der Waals surface area contributed by atoms with Crippen LogP contribution in [0.1, 0.15) is 0 Å². The van der Waals surface area contributed by atoms with E-state index in [1.54, 1.807) is 6.20 Å². The van der Waals surface area contributed by atoms with Gasteiger partial charge in [0.1, 0.15) is 12.6 Å². The third-order valence-corrected chi connectivity index (χ3v) is 3.27. The third-order valence-electron chi connectivity index (χ3n) is 2.26. The minimum Gasteiger partial charge on any atom is -0.480 e. The van der Waals surface area contributed by atoms with E-state index in [0.29, 0.717) is 11.6 Å². The maximum absolute atomic E-state index is 11.8. The van der Waals surface area contributed by atoms with Gasteiger partial charge in [0.15, 0.2) is 0 Å². The van der Waals surface area contributed by atoms with E-state index in [1.165, 1.54) is 27.5 Å². The molecule has 8 heteroatoms. The number of carbonyl (C=O) groups excluding carboxylic acids is 1. The van der Waals surface area contributed by atoms with E-state index in [4.69, 9.17) is 5.11 Å². The van der Waals surface area contributed by atoms with Crippen molar-refractivity contribution in [1.82, 2.24) is 19.9 Å². The zero-order valence-corrected chi connectivity index (χ0v) is 9.13. The fourth-order valence-corrected chi connectivity index (χ4v) is 2.61. The van der Waals surface area contributed by atoms with Crippen LogP contribution in [-0.4, -0.2) is 54.5 Å². The van der Waals surface area contributed by atoms with Gasteiger partial charge in [0.25, 0.3) is 0 Å². The van der Waals surface area contributed by atoms with Gasteiger partial charge in [0, 0.05) is 11.9 Å². The molecule has 0 bridgehead atoms. The number of amides is 1. The molecule has 86 valence electrons. The Morgan fingerprint density at radius 3 is 3.00 bits per heavy atom. The van der Waals surface area contributed by atoms with E-state index in [1.807, 2.05) is 0 Å². The number of aliphatic carboxylic acids is 1. The van der Waals surface area contributed by atoms with Crippen LogP contribution in [0.15, 0.2) is 12.4 Å². The first-order chi connectivity index (χ1) is 7.68. The minimum atomic E-state index is -0.961. The van der Waals surface area contributed by atoms with Crippen LogP contribution in [0.3, 0.4) is 0 Å². The second kappa shape index (κ2) is 4.52. The molecule has 0 radical (unpaired) electrons. The molecule has 1 aliphatic rings. The molecule has 1 saturated heterocycles. The van der Waals surface area contributed by atoms with Gasteiger partial charge in [0.2, 0.25) is 5.91 Å². The van der Waals surface area contributed by atoms with Gasteiger partial charge in [-0.3, -0.25) is 4.79 Å². The lowest BCUT2D eigenvalue weighted by atomic mass is 10.3. The van der Waals surface area contributed by atoms with Crippen LogP contribution >= 0.6 is 11.8 Å². The average Bonchev–Trinajstić information content (AvgIpc) is 2.86. The maximum Gasteiger partial charge on any atom is 0.327 e. The SMILES string of the molecule is O=C(O)[C@@H]1CSCN1C(=O)Cn1ccnn1. The molecule has 1 aromatic heterocycles. The number of nitrogens with zero attached hydrogens (tertiary/aromatic N) is 4. The second-order valence-electron chi connectivity index (χ2n) is 3.32. The molecule has 0 aromatic carbocycles. The first-order valence-corrected chi connectivity index (χ1v) is 5.78. The second-order valence-corrected chi connectivity index (χ2v) is 4.32. The zero-order valence-electron chi connectivity index (χ0n) is 8.31. The van der Waals surface area contributed by atoms with Gasteiger partial charge in [-0.15, -0.1) is 16.9 Å². The molecular weight excluding hydrogens is 232 g/mol. The Morgan fingerprint density at radius 1 is 1.56 bits per heavy atom. The van der Waals surface area contributed by atoms with Gasteiger partial charge < -0.3 is 10.0 Å². The van der Waals surface area contributed by atoms with Gasteiger partial charge in [-0.05, 0) is 0 Å². The van der Waals surface area contributed by atoms with Gasteiger partial charge >= 0.3 is 5.97 Å². The highest BCUT2D eigenvalue weighted by Crippen LogP contribution is 2.21. The molecule has 2 heterocycles. The Morgan fingerprint density at radius 2 is 2.38 bits per heavy atom. The summed E-state index contributed by atoms with van der Waals surface area (Å²) < 4.78 is 1.38. The van der Waals surface area contributed by atoms with E-state index < -0.39 is 12.0 Å². The Hall–Kier alpha value is -1.57. The van der Waals surface area contributed by atoms with Crippen LogP contribution in [0, 0.1) is 0 Å². The number of aromatic nitrogens is 3. The Bertz CT molecular complexity index is 394. The van der Waals surface area contributed by atoms with Crippen molar-refractivity contribution in [1.29, 1.82) is 0 Å². The van der Waals surface area contributed by atoms with Crippen LogP contribution in [0.25, 0.3) is 0 Å². The highest BCUT2D eigenvalue weighted by Gasteiger charge is 2.34. The van der Waals surface area contributed by atoms with Gasteiger partial charge in [-0.1, -0.05) is 5.21 Å². The predicted molar refractivity (Wildman–Crippen MR) is 55.6 cm³/mol. The monoisotopic (exact) mass is 242 g/mol. The largest absolute Gasteiger partial charge is 0.480 e.